The van der Waals surface area contributed by atoms with Crippen LogP contribution in [-0.4, -0.2) is 35.7 Å². The van der Waals surface area contributed by atoms with Gasteiger partial charge in [-0.3, -0.25) is 0 Å². The summed E-state index contributed by atoms with van der Waals surface area (Å²) in [6, 6.07) is 39.4. The molecular weight excluding hydrogens is 719 g/mol. The Hall–Kier alpha value is -0.998. The number of hydrogen-bond donors (Lipinski definition) is 0. The van der Waals surface area contributed by atoms with Crippen LogP contribution in [0.1, 0.15) is 11.1 Å². The van der Waals surface area contributed by atoms with Crippen LogP contribution < -0.4 is 0 Å². The zero-order chi connectivity index (χ0) is 23.6. The average Bonchev–Trinajstić information content (AvgIpc) is 2.83. The molecule has 4 aromatic carbocycles. The minimum Gasteiger partial charge on any atom is -0.428 e. The first kappa shape index (κ1) is 32.0. The van der Waals surface area contributed by atoms with Crippen molar-refractivity contribution in [2.24, 2.45) is 0 Å². The van der Waals surface area contributed by atoms with Crippen LogP contribution in [-0.2, 0) is 25.3 Å². The molecule has 0 aliphatic rings. The van der Waals surface area contributed by atoms with Crippen molar-refractivity contribution in [2.45, 2.75) is 0 Å². The number of thiocarbonyl (C=S) groups is 2. The second-order valence-corrected chi connectivity index (χ2v) is 8.77. The summed E-state index contributed by atoms with van der Waals surface area (Å²) in [6.07, 6.45) is 0. The van der Waals surface area contributed by atoms with Crippen LogP contribution in [0.4, 0.5) is 0 Å². The van der Waals surface area contributed by atoms with Crippen LogP contribution in [0.25, 0.3) is 0 Å². The standard InChI is InChI=1S/2C7H5ClS2.2C6H5.Pb/c2*8-6-3-1-5(2-4-6)7(9)10;2*1-2-4-6-5-3-1;/h2*1-4H,(H,9,10);2*1-5H;/q;;;;+2/p-2. The Balaban J connectivity index is 0.000000420. The molecule has 0 N–H and O–H groups in total. The SMILES string of the molecule is S=C([S-])c1ccc(Cl)cc1.S=C([S-])c1ccc(Cl)cc1.[Pb+2].[c]1ccccc1.[c]1ccccc1. The molecule has 0 amide bonds. The molecule has 0 fully saturated rings. The van der Waals surface area contributed by atoms with Crippen molar-refractivity contribution < 1.29 is 0 Å². The zero-order valence-corrected chi connectivity index (χ0v) is 25.9. The van der Waals surface area contributed by atoms with Gasteiger partial charge in [0, 0.05) is 10.0 Å². The first-order valence-corrected chi connectivity index (χ1v) is 11.5. The van der Waals surface area contributed by atoms with Crippen molar-refractivity contribution in [2.75, 3.05) is 0 Å². The Kier molecular flexibility index (Phi) is 19.8. The summed E-state index contributed by atoms with van der Waals surface area (Å²) in [5, 5.41) is 1.41. The summed E-state index contributed by atoms with van der Waals surface area (Å²) in [6.45, 7) is 0. The van der Waals surface area contributed by atoms with E-state index in [2.05, 4.69) is 12.1 Å². The number of rotatable bonds is 2. The number of benzene rings is 4. The summed E-state index contributed by atoms with van der Waals surface area (Å²) in [5.74, 6) is 0. The fourth-order valence-corrected chi connectivity index (χ4v) is 2.65. The smallest absolute Gasteiger partial charge is 0.428 e. The molecule has 0 aliphatic carbocycles. The Morgan fingerprint density at radius 2 is 0.818 bits per heavy atom. The summed E-state index contributed by atoms with van der Waals surface area (Å²) < 4.78 is 0.966. The predicted molar refractivity (Wildman–Crippen MR) is 157 cm³/mol. The van der Waals surface area contributed by atoms with Crippen LogP contribution in [0.15, 0.2) is 109 Å². The summed E-state index contributed by atoms with van der Waals surface area (Å²) >= 11 is 30.4. The molecule has 4 radical (unpaired) electrons. The van der Waals surface area contributed by atoms with Crippen LogP contribution in [0.3, 0.4) is 0 Å². The molecule has 33 heavy (non-hydrogen) atoms. The van der Waals surface area contributed by atoms with Crippen LogP contribution in [0, 0.1) is 12.1 Å². The third kappa shape index (κ3) is 17.1. The Bertz CT molecular complexity index is 887. The minimum atomic E-state index is 0. The van der Waals surface area contributed by atoms with E-state index in [4.69, 9.17) is 72.9 Å². The van der Waals surface area contributed by atoms with Gasteiger partial charge in [0.15, 0.2) is 0 Å². The van der Waals surface area contributed by atoms with Crippen molar-refractivity contribution in [1.29, 1.82) is 0 Å². The minimum absolute atomic E-state index is 0. The number of halogens is 2. The van der Waals surface area contributed by atoms with Crippen molar-refractivity contribution in [3.8, 4) is 0 Å². The molecule has 0 aliphatic heterocycles. The Morgan fingerprint density at radius 1 is 0.545 bits per heavy atom. The van der Waals surface area contributed by atoms with Crippen molar-refractivity contribution in [3.05, 3.63) is 142 Å². The monoisotopic (exact) mass is 736 g/mol. The van der Waals surface area contributed by atoms with E-state index < -0.39 is 0 Å². The molecule has 0 spiro atoms. The van der Waals surface area contributed by atoms with Gasteiger partial charge in [-0.2, -0.15) is 0 Å². The largest absolute Gasteiger partial charge is 2.00 e. The van der Waals surface area contributed by atoms with E-state index in [1.54, 1.807) is 24.3 Å². The molecule has 0 bridgehead atoms. The molecule has 0 saturated carbocycles. The van der Waals surface area contributed by atoms with Gasteiger partial charge in [0.2, 0.25) is 0 Å². The van der Waals surface area contributed by atoms with Gasteiger partial charge in [-0.25, -0.2) is 0 Å². The van der Waals surface area contributed by atoms with E-state index in [0.29, 0.717) is 18.4 Å². The maximum absolute atomic E-state index is 5.64. The molecule has 4 rings (SSSR count). The van der Waals surface area contributed by atoms with E-state index >= 15 is 0 Å². The van der Waals surface area contributed by atoms with Crippen molar-refractivity contribution >= 4 is 109 Å². The molecule has 0 heterocycles. The average molecular weight is 737 g/mol. The summed E-state index contributed by atoms with van der Waals surface area (Å²) in [4.78, 5) is 0. The topological polar surface area (TPSA) is 0 Å². The van der Waals surface area contributed by atoms with E-state index in [1.165, 1.54) is 0 Å². The van der Waals surface area contributed by atoms with Gasteiger partial charge >= 0.3 is 27.3 Å². The van der Waals surface area contributed by atoms with Gasteiger partial charge in [0.05, 0.1) is 0 Å². The van der Waals surface area contributed by atoms with Gasteiger partial charge in [-0.1, -0.05) is 108 Å². The molecule has 0 aromatic heterocycles. The molecule has 0 unspecified atom stereocenters. The Morgan fingerprint density at radius 3 is 0.970 bits per heavy atom. The molecular formula is C26H18Cl2PbS4. The fraction of sp³-hybridized carbons (Fsp3) is 0. The normalized spacial score (nSPS) is 8.55. The van der Waals surface area contributed by atoms with Gasteiger partial charge in [0.1, 0.15) is 0 Å². The van der Waals surface area contributed by atoms with Crippen LogP contribution >= 0.6 is 47.6 Å². The van der Waals surface area contributed by atoms with Crippen LogP contribution in [0.5, 0.6) is 0 Å². The molecule has 164 valence electrons. The van der Waals surface area contributed by atoms with E-state index in [0.717, 1.165) is 11.1 Å². The summed E-state index contributed by atoms with van der Waals surface area (Å²) in [7, 11) is 0. The third-order valence-electron chi connectivity index (χ3n) is 3.37. The van der Waals surface area contributed by atoms with E-state index in [-0.39, 0.29) is 27.3 Å². The van der Waals surface area contributed by atoms with Crippen LogP contribution in [0.2, 0.25) is 10.0 Å². The molecule has 7 heteroatoms. The molecule has 0 atom stereocenters. The second kappa shape index (κ2) is 20.4. The zero-order valence-electron chi connectivity index (χ0n) is 17.3. The quantitative estimate of drug-likeness (QED) is 0.118. The number of hydrogen-bond acceptors (Lipinski definition) is 4. The fourth-order valence-electron chi connectivity index (χ4n) is 1.86. The van der Waals surface area contributed by atoms with Crippen molar-refractivity contribution in [3.63, 3.8) is 0 Å². The Labute approximate surface area is 248 Å². The predicted octanol–water partition coefficient (Wildman–Crippen LogP) is 7.72. The first-order chi connectivity index (χ1) is 15.4. The van der Waals surface area contributed by atoms with Gasteiger partial charge < -0.3 is 49.7 Å². The van der Waals surface area contributed by atoms with Crippen molar-refractivity contribution in [1.82, 2.24) is 0 Å². The molecule has 0 saturated heterocycles. The van der Waals surface area contributed by atoms with E-state index in [1.807, 2.05) is 84.9 Å². The maximum atomic E-state index is 5.64. The van der Waals surface area contributed by atoms with Gasteiger partial charge in [0.25, 0.3) is 0 Å². The first-order valence-electron chi connectivity index (χ1n) is 9.16. The van der Waals surface area contributed by atoms with E-state index in [9.17, 15) is 0 Å². The summed E-state index contributed by atoms with van der Waals surface area (Å²) in [5.41, 5.74) is 1.77. The maximum Gasteiger partial charge on any atom is 2.00 e. The molecule has 0 nitrogen and oxygen atoms in total. The van der Waals surface area contributed by atoms with Gasteiger partial charge in [-0.15, -0.1) is 8.39 Å². The third-order valence-corrected chi connectivity index (χ3v) is 4.82. The molecule has 4 aromatic rings. The second-order valence-electron chi connectivity index (χ2n) is 5.74. The van der Waals surface area contributed by atoms with Gasteiger partial charge in [-0.05, 0) is 47.5 Å².